The number of carbonyl (C=O) groups is 1. The van der Waals surface area contributed by atoms with E-state index < -0.39 is 0 Å². The molecule has 0 N–H and O–H groups in total. The van der Waals surface area contributed by atoms with Gasteiger partial charge in [-0.15, -0.1) is 0 Å². The molecule has 2 nitrogen and oxygen atoms in total. The molecule has 0 aromatic carbocycles. The van der Waals surface area contributed by atoms with E-state index in [0.717, 1.165) is 29.6 Å². The van der Waals surface area contributed by atoms with Crippen molar-refractivity contribution < 1.29 is 9.28 Å². The van der Waals surface area contributed by atoms with Gasteiger partial charge in [0.25, 0.3) is 0 Å². The highest BCUT2D eigenvalue weighted by Gasteiger charge is 2.20. The van der Waals surface area contributed by atoms with Crippen molar-refractivity contribution in [3.05, 3.63) is 0 Å². The van der Waals surface area contributed by atoms with Gasteiger partial charge in [0.15, 0.2) is 5.12 Å². The third-order valence-electron chi connectivity index (χ3n) is 3.83. The molecule has 0 aliphatic rings. The first-order chi connectivity index (χ1) is 8.14. The van der Waals surface area contributed by atoms with Crippen molar-refractivity contribution in [1.82, 2.24) is 0 Å². The smallest absolute Gasteiger partial charge is 0.189 e. The second-order valence-corrected chi connectivity index (χ2v) is 5.84. The highest BCUT2D eigenvalue weighted by atomic mass is 32.2. The summed E-state index contributed by atoms with van der Waals surface area (Å²) in [5.41, 5.74) is 0. The Morgan fingerprint density at radius 2 is 1.59 bits per heavy atom. The lowest BCUT2D eigenvalue weighted by Crippen LogP contribution is -2.49. The summed E-state index contributed by atoms with van der Waals surface area (Å²) in [7, 11) is 0. The second-order valence-electron chi connectivity index (χ2n) is 4.69. The van der Waals surface area contributed by atoms with Crippen molar-refractivity contribution in [1.29, 1.82) is 0 Å². The minimum atomic E-state index is 0.389. The number of unbranched alkanes of at least 4 members (excludes halogenated alkanes) is 2. The van der Waals surface area contributed by atoms with Crippen LogP contribution in [0.2, 0.25) is 0 Å². The third-order valence-corrected chi connectivity index (χ3v) is 4.74. The first-order valence-corrected chi connectivity index (χ1v) is 8.13. The first kappa shape index (κ1) is 17.0. The van der Waals surface area contributed by atoms with Crippen LogP contribution in [0.3, 0.4) is 0 Å². The Kier molecular flexibility index (Phi) is 9.94. The van der Waals surface area contributed by atoms with Gasteiger partial charge in [0.2, 0.25) is 0 Å². The molecule has 0 saturated heterocycles. The molecule has 102 valence electrons. The normalized spacial score (nSPS) is 11.8. The maximum Gasteiger partial charge on any atom is 0.189 e. The fraction of sp³-hybridized carbons (Fsp3) is 0.929. The molecule has 0 aliphatic carbocycles. The van der Waals surface area contributed by atoms with E-state index in [0.29, 0.717) is 5.12 Å². The predicted octanol–water partition coefficient (Wildman–Crippen LogP) is 3.70. The topological polar surface area (TPSA) is 17.1 Å². The summed E-state index contributed by atoms with van der Waals surface area (Å²) < 4.78 is 1.15. The van der Waals surface area contributed by atoms with Gasteiger partial charge < -0.3 is 4.48 Å². The standard InChI is InChI=1S/C14H30NOS/c1-5-9-10-11-14(16)17-13-12-15(6-2,7-3)8-4/h5-13H2,1-4H3/q+1. The van der Waals surface area contributed by atoms with E-state index >= 15 is 0 Å². The zero-order chi connectivity index (χ0) is 13.1. The molecule has 3 heteroatoms. The maximum atomic E-state index is 11.6. The Morgan fingerprint density at radius 1 is 1.00 bits per heavy atom. The Bertz CT molecular complexity index is 194. The fourth-order valence-corrected chi connectivity index (χ4v) is 3.08. The summed E-state index contributed by atoms with van der Waals surface area (Å²) in [5, 5.41) is 0.389. The molecule has 0 atom stereocenters. The number of thioether (sulfide) groups is 1. The highest BCUT2D eigenvalue weighted by Crippen LogP contribution is 2.13. The van der Waals surface area contributed by atoms with Crippen LogP contribution in [-0.4, -0.2) is 41.5 Å². The average Bonchev–Trinajstić information content (AvgIpc) is 2.36. The summed E-state index contributed by atoms with van der Waals surface area (Å²) in [4.78, 5) is 11.6. The van der Waals surface area contributed by atoms with Gasteiger partial charge in [0, 0.05) is 6.42 Å². The highest BCUT2D eigenvalue weighted by molar-refractivity contribution is 8.13. The molecule has 0 fully saturated rings. The van der Waals surface area contributed by atoms with Crippen molar-refractivity contribution in [2.24, 2.45) is 0 Å². The number of rotatable bonds is 10. The van der Waals surface area contributed by atoms with Gasteiger partial charge >= 0.3 is 0 Å². The van der Waals surface area contributed by atoms with Crippen LogP contribution in [0.15, 0.2) is 0 Å². The molecule has 0 spiro atoms. The van der Waals surface area contributed by atoms with E-state index in [4.69, 9.17) is 0 Å². The predicted molar refractivity (Wildman–Crippen MR) is 78.4 cm³/mol. The van der Waals surface area contributed by atoms with E-state index in [1.54, 1.807) is 11.8 Å². The third kappa shape index (κ3) is 7.10. The van der Waals surface area contributed by atoms with Crippen LogP contribution in [-0.2, 0) is 4.79 Å². The van der Waals surface area contributed by atoms with Gasteiger partial charge in [-0.2, -0.15) is 0 Å². The van der Waals surface area contributed by atoms with E-state index in [9.17, 15) is 4.79 Å². The van der Waals surface area contributed by atoms with Gasteiger partial charge in [-0.3, -0.25) is 4.79 Å². The summed E-state index contributed by atoms with van der Waals surface area (Å²) in [6, 6.07) is 0. The number of carbonyl (C=O) groups excluding carboxylic acids is 1. The summed E-state index contributed by atoms with van der Waals surface area (Å²) >= 11 is 1.55. The van der Waals surface area contributed by atoms with Crippen molar-refractivity contribution >= 4 is 16.9 Å². The van der Waals surface area contributed by atoms with Crippen LogP contribution in [0.4, 0.5) is 0 Å². The van der Waals surface area contributed by atoms with Gasteiger partial charge in [0.1, 0.15) is 0 Å². The lowest BCUT2D eigenvalue weighted by molar-refractivity contribution is -0.920. The number of quaternary nitrogens is 1. The van der Waals surface area contributed by atoms with Crippen LogP contribution < -0.4 is 0 Å². The molecule has 17 heavy (non-hydrogen) atoms. The van der Waals surface area contributed by atoms with E-state index in [2.05, 4.69) is 27.7 Å². The monoisotopic (exact) mass is 260 g/mol. The number of hydrogen-bond acceptors (Lipinski definition) is 2. The Labute approximate surface area is 112 Å². The van der Waals surface area contributed by atoms with Crippen molar-refractivity contribution in [2.45, 2.75) is 53.4 Å². The van der Waals surface area contributed by atoms with E-state index in [1.165, 1.54) is 32.5 Å². The molecule has 0 unspecified atom stereocenters. The molecule has 0 saturated carbocycles. The average molecular weight is 260 g/mol. The van der Waals surface area contributed by atoms with Crippen LogP contribution in [0.25, 0.3) is 0 Å². The van der Waals surface area contributed by atoms with Gasteiger partial charge in [-0.1, -0.05) is 31.5 Å². The molecule has 0 aliphatic heterocycles. The molecule has 0 radical (unpaired) electrons. The van der Waals surface area contributed by atoms with E-state index in [1.807, 2.05) is 0 Å². The summed E-state index contributed by atoms with van der Waals surface area (Å²) in [5.74, 6) is 0.987. The van der Waals surface area contributed by atoms with Crippen molar-refractivity contribution in [3.8, 4) is 0 Å². The zero-order valence-corrected chi connectivity index (χ0v) is 12.9. The molecular weight excluding hydrogens is 230 g/mol. The van der Waals surface area contributed by atoms with Crippen molar-refractivity contribution in [3.63, 3.8) is 0 Å². The molecule has 0 aromatic heterocycles. The molecular formula is C14H30NOS+. The molecule has 0 amide bonds. The fourth-order valence-electron chi connectivity index (χ4n) is 2.09. The van der Waals surface area contributed by atoms with Crippen LogP contribution in [0.1, 0.15) is 53.4 Å². The molecule has 0 heterocycles. The van der Waals surface area contributed by atoms with Crippen molar-refractivity contribution in [2.75, 3.05) is 31.9 Å². The molecule has 0 aromatic rings. The molecule has 0 bridgehead atoms. The lowest BCUT2D eigenvalue weighted by Gasteiger charge is -2.35. The maximum absolute atomic E-state index is 11.6. The SMILES string of the molecule is CCCCCC(=O)SCC[N+](CC)(CC)CC. The Balaban J connectivity index is 3.77. The number of hydrogen-bond donors (Lipinski definition) is 0. The van der Waals surface area contributed by atoms with Crippen LogP contribution in [0, 0.1) is 0 Å². The van der Waals surface area contributed by atoms with Gasteiger partial charge in [0.05, 0.1) is 31.9 Å². The largest absolute Gasteiger partial charge is 0.324 e. The Morgan fingerprint density at radius 3 is 2.06 bits per heavy atom. The minimum Gasteiger partial charge on any atom is -0.324 e. The first-order valence-electron chi connectivity index (χ1n) is 7.14. The van der Waals surface area contributed by atoms with Crippen LogP contribution >= 0.6 is 11.8 Å². The number of nitrogens with zero attached hydrogens (tertiary/aromatic N) is 1. The lowest BCUT2D eigenvalue weighted by atomic mass is 10.2. The minimum absolute atomic E-state index is 0.389. The van der Waals surface area contributed by atoms with Gasteiger partial charge in [-0.25, -0.2) is 0 Å². The zero-order valence-electron chi connectivity index (χ0n) is 12.1. The van der Waals surface area contributed by atoms with Gasteiger partial charge in [-0.05, 0) is 27.2 Å². The second kappa shape index (κ2) is 9.95. The van der Waals surface area contributed by atoms with Crippen LogP contribution in [0.5, 0.6) is 0 Å². The quantitative estimate of drug-likeness (QED) is 0.440. The van der Waals surface area contributed by atoms with E-state index in [-0.39, 0.29) is 0 Å². The molecule has 0 rings (SSSR count). The Hall–Kier alpha value is -0.0200. The summed E-state index contributed by atoms with van der Waals surface area (Å²) in [6.45, 7) is 13.6. The summed E-state index contributed by atoms with van der Waals surface area (Å²) in [6.07, 6.45) is 4.21.